The molecule has 1 N–H and O–H groups in total. The highest BCUT2D eigenvalue weighted by Gasteiger charge is 2.38. The Morgan fingerprint density at radius 1 is 1.09 bits per heavy atom. The van der Waals surface area contributed by atoms with Crippen LogP contribution in [0.1, 0.15) is 51.0 Å². The summed E-state index contributed by atoms with van der Waals surface area (Å²) in [6.07, 6.45) is 4.21. The Hall–Kier alpha value is -0.620. The molecule has 0 aromatic heterocycles. The molecule has 2 saturated heterocycles. The second kappa shape index (κ2) is 7.09. The first kappa shape index (κ1) is 18.7. The minimum absolute atomic E-state index is 0. The van der Waals surface area contributed by atoms with E-state index in [1.807, 2.05) is 12.1 Å². The minimum Gasteiger partial charge on any atom is -0.311 e. The maximum Gasteiger partial charge on any atom is 0.243 e. The normalized spacial score (nSPS) is 27.3. The van der Waals surface area contributed by atoms with Crippen molar-refractivity contribution in [2.45, 2.75) is 68.5 Å². The van der Waals surface area contributed by atoms with E-state index >= 15 is 0 Å². The number of nitrogens with one attached hydrogen (secondary N) is 1. The van der Waals surface area contributed by atoms with Crippen LogP contribution in [0.5, 0.6) is 0 Å². The van der Waals surface area contributed by atoms with Gasteiger partial charge in [0.15, 0.2) is 0 Å². The number of piperidine rings is 1. The molecule has 130 valence electrons. The third-order valence-electron chi connectivity index (χ3n) is 5.19. The molecule has 0 aliphatic carbocycles. The summed E-state index contributed by atoms with van der Waals surface area (Å²) in [6.45, 7) is 4.22. The smallest absolute Gasteiger partial charge is 0.243 e. The number of nitrogens with zero attached hydrogens (tertiary/aromatic N) is 1. The van der Waals surface area contributed by atoms with Crippen molar-refractivity contribution in [3.05, 3.63) is 29.8 Å². The highest BCUT2D eigenvalue weighted by atomic mass is 35.5. The largest absolute Gasteiger partial charge is 0.311 e. The van der Waals surface area contributed by atoms with Crippen LogP contribution >= 0.6 is 12.4 Å². The van der Waals surface area contributed by atoms with Crippen molar-refractivity contribution >= 4 is 22.4 Å². The number of sulfonamides is 1. The second-order valence-electron chi connectivity index (χ2n) is 7.01. The fourth-order valence-electron chi connectivity index (χ4n) is 3.71. The number of benzene rings is 1. The van der Waals surface area contributed by atoms with E-state index in [4.69, 9.17) is 0 Å². The van der Waals surface area contributed by atoms with Crippen LogP contribution in [0.3, 0.4) is 0 Å². The van der Waals surface area contributed by atoms with Gasteiger partial charge in [-0.15, -0.1) is 12.4 Å². The van der Waals surface area contributed by atoms with Crippen LogP contribution in [0.25, 0.3) is 0 Å². The van der Waals surface area contributed by atoms with Crippen molar-refractivity contribution < 1.29 is 8.42 Å². The molecule has 0 radical (unpaired) electrons. The second-order valence-corrected chi connectivity index (χ2v) is 9.01. The molecule has 2 fully saturated rings. The van der Waals surface area contributed by atoms with E-state index in [2.05, 4.69) is 19.2 Å². The predicted octanol–water partition coefficient (Wildman–Crippen LogP) is 3.14. The lowest BCUT2D eigenvalue weighted by atomic mass is 10.0. The lowest BCUT2D eigenvalue weighted by molar-refractivity contribution is 0.251. The summed E-state index contributed by atoms with van der Waals surface area (Å²) in [5.41, 5.74) is 1.17. The van der Waals surface area contributed by atoms with Gasteiger partial charge in [-0.1, -0.05) is 26.0 Å². The van der Waals surface area contributed by atoms with Crippen LogP contribution in [0.15, 0.2) is 29.2 Å². The molecule has 2 atom stereocenters. The number of fused-ring (bicyclic) bond motifs is 2. The summed E-state index contributed by atoms with van der Waals surface area (Å²) in [5, 5.41) is 3.56. The lowest BCUT2D eigenvalue weighted by Gasteiger charge is -2.34. The zero-order valence-corrected chi connectivity index (χ0v) is 15.7. The summed E-state index contributed by atoms with van der Waals surface area (Å²) >= 11 is 0. The molecule has 2 aliphatic heterocycles. The summed E-state index contributed by atoms with van der Waals surface area (Å²) in [5.74, 6) is 0.412. The monoisotopic (exact) mass is 358 g/mol. The Balaban J connectivity index is 0.00000192. The molecule has 0 amide bonds. The van der Waals surface area contributed by atoms with E-state index in [0.717, 1.165) is 12.8 Å². The Morgan fingerprint density at radius 3 is 2.09 bits per heavy atom. The van der Waals surface area contributed by atoms with Gasteiger partial charge in [0, 0.05) is 25.2 Å². The third-order valence-corrected chi connectivity index (χ3v) is 7.11. The van der Waals surface area contributed by atoms with Crippen molar-refractivity contribution in [1.82, 2.24) is 9.62 Å². The number of rotatable bonds is 4. The molecule has 2 aliphatic rings. The van der Waals surface area contributed by atoms with Crippen LogP contribution in [0.2, 0.25) is 0 Å². The molecule has 23 heavy (non-hydrogen) atoms. The SMILES string of the molecule is CC(C)c1ccc(S(=O)(=O)N(C)C2CC3CCC(C2)N3)cc1.Cl. The standard InChI is InChI=1S/C17H26N2O2S.ClH/c1-12(2)13-4-8-17(9-5-13)22(20,21)19(3)16-10-14-6-7-15(11-16)18-14;/h4-5,8-9,12,14-16,18H,6-7,10-11H2,1-3H3;1H. The zero-order valence-electron chi connectivity index (χ0n) is 14.0. The maximum absolute atomic E-state index is 12.9. The molecule has 6 heteroatoms. The van der Waals surface area contributed by atoms with Gasteiger partial charge in [-0.3, -0.25) is 0 Å². The van der Waals surface area contributed by atoms with Crippen molar-refractivity contribution in [2.24, 2.45) is 0 Å². The van der Waals surface area contributed by atoms with Crippen LogP contribution in [-0.2, 0) is 10.0 Å². The summed E-state index contributed by atoms with van der Waals surface area (Å²) < 4.78 is 27.3. The molecule has 1 aromatic rings. The third kappa shape index (κ3) is 3.73. The van der Waals surface area contributed by atoms with Crippen LogP contribution < -0.4 is 5.32 Å². The molecule has 0 saturated carbocycles. The van der Waals surface area contributed by atoms with Gasteiger partial charge in [0.25, 0.3) is 0 Å². The van der Waals surface area contributed by atoms with E-state index in [9.17, 15) is 8.42 Å². The number of hydrogen-bond donors (Lipinski definition) is 1. The van der Waals surface area contributed by atoms with E-state index in [-0.39, 0.29) is 18.4 Å². The minimum atomic E-state index is -3.39. The first-order valence-corrected chi connectivity index (χ1v) is 9.66. The van der Waals surface area contributed by atoms with Gasteiger partial charge in [-0.25, -0.2) is 8.42 Å². The average Bonchev–Trinajstić information content (AvgIpc) is 2.84. The first-order valence-electron chi connectivity index (χ1n) is 8.22. The van der Waals surface area contributed by atoms with Gasteiger partial charge in [0.2, 0.25) is 10.0 Å². The highest BCUT2D eigenvalue weighted by molar-refractivity contribution is 7.89. The van der Waals surface area contributed by atoms with Gasteiger partial charge < -0.3 is 5.32 Å². The summed E-state index contributed by atoms with van der Waals surface area (Å²) in [7, 11) is -1.66. The highest BCUT2D eigenvalue weighted by Crippen LogP contribution is 2.31. The molecule has 3 rings (SSSR count). The molecule has 2 bridgehead atoms. The Morgan fingerprint density at radius 2 is 1.61 bits per heavy atom. The maximum atomic E-state index is 12.9. The zero-order chi connectivity index (χ0) is 15.9. The van der Waals surface area contributed by atoms with E-state index < -0.39 is 10.0 Å². The van der Waals surface area contributed by atoms with Gasteiger partial charge >= 0.3 is 0 Å². The number of hydrogen-bond acceptors (Lipinski definition) is 3. The summed E-state index contributed by atoms with van der Waals surface area (Å²) in [6, 6.07) is 8.45. The van der Waals surface area contributed by atoms with E-state index in [0.29, 0.717) is 22.9 Å². The van der Waals surface area contributed by atoms with Crippen molar-refractivity contribution in [2.75, 3.05) is 7.05 Å². The Kier molecular flexibility index (Phi) is 5.77. The van der Waals surface area contributed by atoms with Gasteiger partial charge in [-0.05, 0) is 49.3 Å². The van der Waals surface area contributed by atoms with Crippen LogP contribution in [-0.4, -0.2) is 37.9 Å². The topological polar surface area (TPSA) is 49.4 Å². The quantitative estimate of drug-likeness (QED) is 0.899. The molecule has 4 nitrogen and oxygen atoms in total. The molecular formula is C17H27ClN2O2S. The van der Waals surface area contributed by atoms with Crippen molar-refractivity contribution in [3.63, 3.8) is 0 Å². The van der Waals surface area contributed by atoms with Crippen molar-refractivity contribution in [1.29, 1.82) is 0 Å². The predicted molar refractivity (Wildman–Crippen MR) is 95.7 cm³/mol. The van der Waals surface area contributed by atoms with Gasteiger partial charge in [0.05, 0.1) is 4.90 Å². The fourth-order valence-corrected chi connectivity index (χ4v) is 5.09. The Bertz CT molecular complexity index is 618. The Labute approximate surface area is 146 Å². The molecule has 2 unspecified atom stereocenters. The fraction of sp³-hybridized carbons (Fsp3) is 0.647. The van der Waals surface area contributed by atoms with Gasteiger partial charge in [0.1, 0.15) is 0 Å². The molecular weight excluding hydrogens is 332 g/mol. The first-order chi connectivity index (χ1) is 10.4. The lowest BCUT2D eigenvalue weighted by Crippen LogP contribution is -2.48. The van der Waals surface area contributed by atoms with E-state index in [1.54, 1.807) is 23.5 Å². The van der Waals surface area contributed by atoms with Crippen LogP contribution in [0, 0.1) is 0 Å². The van der Waals surface area contributed by atoms with E-state index in [1.165, 1.54) is 18.4 Å². The molecule has 0 spiro atoms. The molecule has 2 heterocycles. The molecule has 1 aromatic carbocycles. The van der Waals surface area contributed by atoms with Crippen LogP contribution in [0.4, 0.5) is 0 Å². The number of halogens is 1. The average molecular weight is 359 g/mol. The van der Waals surface area contributed by atoms with Crippen molar-refractivity contribution in [3.8, 4) is 0 Å². The van der Waals surface area contributed by atoms with Gasteiger partial charge in [-0.2, -0.15) is 4.31 Å². The summed E-state index contributed by atoms with van der Waals surface area (Å²) in [4.78, 5) is 0.408.